The number of ether oxygens (including phenoxy) is 3. The van der Waals surface area contributed by atoms with Crippen LogP contribution in [0, 0.1) is 6.92 Å². The van der Waals surface area contributed by atoms with Gasteiger partial charge in [-0.05, 0) is 31.0 Å². The molecule has 0 fully saturated rings. The van der Waals surface area contributed by atoms with Crippen molar-refractivity contribution in [2.75, 3.05) is 33.5 Å². The number of aliphatic hydroxyl groups excluding tert-OH is 1. The Morgan fingerprint density at radius 2 is 2.00 bits per heavy atom. The van der Waals surface area contributed by atoms with Gasteiger partial charge in [0.25, 0.3) is 0 Å². The second kappa shape index (κ2) is 8.92. The number of methoxy groups -OCH3 is 1. The normalized spacial score (nSPS) is 14.1. The highest BCUT2D eigenvalue weighted by atomic mass is 16.5. The molecule has 0 heterocycles. The first kappa shape index (κ1) is 16.9. The molecule has 3 N–H and O–H groups in total. The lowest BCUT2D eigenvalue weighted by atomic mass is 10.1. The first-order valence-corrected chi connectivity index (χ1v) is 6.78. The second-order valence-corrected chi connectivity index (χ2v) is 4.85. The lowest BCUT2D eigenvalue weighted by Crippen LogP contribution is -2.24. The van der Waals surface area contributed by atoms with Gasteiger partial charge in [0.05, 0.1) is 19.8 Å². The first-order chi connectivity index (χ1) is 9.54. The van der Waals surface area contributed by atoms with Crippen LogP contribution in [0.15, 0.2) is 18.2 Å². The number of benzene rings is 1. The maximum absolute atomic E-state index is 9.73. The van der Waals surface area contributed by atoms with Crippen molar-refractivity contribution >= 4 is 0 Å². The van der Waals surface area contributed by atoms with Gasteiger partial charge >= 0.3 is 0 Å². The maximum Gasteiger partial charge on any atom is 0.122 e. The van der Waals surface area contributed by atoms with Crippen LogP contribution in [-0.2, 0) is 9.47 Å². The van der Waals surface area contributed by atoms with Crippen LogP contribution in [0.2, 0.25) is 0 Å². The van der Waals surface area contributed by atoms with Gasteiger partial charge < -0.3 is 25.1 Å². The van der Waals surface area contributed by atoms with E-state index in [1.54, 1.807) is 7.11 Å². The van der Waals surface area contributed by atoms with Gasteiger partial charge in [0.1, 0.15) is 18.5 Å². The Hall–Kier alpha value is -1.14. The highest BCUT2D eigenvalue weighted by Gasteiger charge is 2.08. The van der Waals surface area contributed by atoms with Gasteiger partial charge in [-0.25, -0.2) is 0 Å². The molecule has 0 aliphatic heterocycles. The minimum atomic E-state index is -0.653. The van der Waals surface area contributed by atoms with Crippen molar-refractivity contribution in [2.45, 2.75) is 26.0 Å². The van der Waals surface area contributed by atoms with E-state index in [0.717, 1.165) is 16.9 Å². The molecule has 2 atom stereocenters. The minimum Gasteiger partial charge on any atom is -0.491 e. The summed E-state index contributed by atoms with van der Waals surface area (Å²) in [5, 5.41) is 9.73. The van der Waals surface area contributed by atoms with Crippen LogP contribution in [0.5, 0.6) is 5.75 Å². The molecule has 0 bridgehead atoms. The third kappa shape index (κ3) is 5.88. The Bertz CT molecular complexity index is 395. The van der Waals surface area contributed by atoms with Crippen molar-refractivity contribution in [2.24, 2.45) is 5.73 Å². The van der Waals surface area contributed by atoms with Gasteiger partial charge in [0, 0.05) is 13.2 Å². The average Bonchev–Trinajstić information content (AvgIpc) is 2.42. The summed E-state index contributed by atoms with van der Waals surface area (Å²) in [6.45, 7) is 5.33. The molecule has 1 aromatic carbocycles. The number of nitrogens with two attached hydrogens (primary N) is 1. The van der Waals surface area contributed by atoms with Crippen molar-refractivity contribution in [3.05, 3.63) is 29.3 Å². The van der Waals surface area contributed by atoms with E-state index in [4.69, 9.17) is 19.9 Å². The van der Waals surface area contributed by atoms with Crippen LogP contribution in [0.1, 0.15) is 24.1 Å². The van der Waals surface area contributed by atoms with E-state index in [9.17, 15) is 5.11 Å². The van der Waals surface area contributed by atoms with Crippen LogP contribution in [0.4, 0.5) is 0 Å². The average molecular weight is 283 g/mol. The lowest BCUT2D eigenvalue weighted by molar-refractivity contribution is -0.00428. The molecular weight excluding hydrogens is 258 g/mol. The first-order valence-electron chi connectivity index (χ1n) is 6.78. The third-order valence-corrected chi connectivity index (χ3v) is 2.90. The number of hydrogen-bond donors (Lipinski definition) is 2. The van der Waals surface area contributed by atoms with Crippen molar-refractivity contribution in [1.82, 2.24) is 0 Å². The van der Waals surface area contributed by atoms with E-state index in [0.29, 0.717) is 13.2 Å². The summed E-state index contributed by atoms with van der Waals surface area (Å²) >= 11 is 0. The van der Waals surface area contributed by atoms with Crippen LogP contribution in [0.25, 0.3) is 0 Å². The van der Waals surface area contributed by atoms with Gasteiger partial charge in [-0.3, -0.25) is 0 Å². The predicted molar refractivity (Wildman–Crippen MR) is 78.0 cm³/mol. The van der Waals surface area contributed by atoms with Gasteiger partial charge in [0.2, 0.25) is 0 Å². The van der Waals surface area contributed by atoms with E-state index in [1.807, 2.05) is 32.0 Å². The Labute approximate surface area is 120 Å². The summed E-state index contributed by atoms with van der Waals surface area (Å²) in [7, 11) is 1.61. The Morgan fingerprint density at radius 3 is 2.60 bits per heavy atom. The zero-order valence-corrected chi connectivity index (χ0v) is 12.5. The SMILES string of the molecule is COCCOCC(O)COc1ccc([C@@H](C)N)cc1C. The number of aliphatic hydroxyl groups is 1. The van der Waals surface area contributed by atoms with E-state index < -0.39 is 6.10 Å². The smallest absolute Gasteiger partial charge is 0.122 e. The number of aryl methyl sites for hydroxylation is 1. The Morgan fingerprint density at radius 1 is 1.25 bits per heavy atom. The second-order valence-electron chi connectivity index (χ2n) is 4.85. The molecule has 1 unspecified atom stereocenters. The summed E-state index contributed by atoms with van der Waals surface area (Å²) in [4.78, 5) is 0. The lowest BCUT2D eigenvalue weighted by Gasteiger charge is -2.15. The molecule has 0 spiro atoms. The summed E-state index contributed by atoms with van der Waals surface area (Å²) in [6, 6.07) is 5.82. The van der Waals surface area contributed by atoms with Crippen molar-refractivity contribution in [3.8, 4) is 5.75 Å². The van der Waals surface area contributed by atoms with Crippen molar-refractivity contribution < 1.29 is 19.3 Å². The van der Waals surface area contributed by atoms with Crippen LogP contribution in [0.3, 0.4) is 0 Å². The molecule has 5 nitrogen and oxygen atoms in total. The molecule has 0 saturated carbocycles. The zero-order chi connectivity index (χ0) is 15.0. The van der Waals surface area contributed by atoms with E-state index >= 15 is 0 Å². The summed E-state index contributed by atoms with van der Waals surface area (Å²) < 4.78 is 15.7. The summed E-state index contributed by atoms with van der Waals surface area (Å²) in [6.07, 6.45) is -0.653. The highest BCUT2D eigenvalue weighted by molar-refractivity contribution is 5.37. The molecule has 1 rings (SSSR count). The standard InChI is InChI=1S/C15H25NO4/c1-11-8-13(12(2)16)4-5-15(11)20-10-14(17)9-19-7-6-18-3/h4-5,8,12,14,17H,6-7,9-10,16H2,1-3H3/t12-,14?/m1/s1. The highest BCUT2D eigenvalue weighted by Crippen LogP contribution is 2.21. The maximum atomic E-state index is 9.73. The Balaban J connectivity index is 2.37. The van der Waals surface area contributed by atoms with Gasteiger partial charge in [-0.2, -0.15) is 0 Å². The predicted octanol–water partition coefficient (Wildman–Crippen LogP) is 1.42. The van der Waals surface area contributed by atoms with Crippen LogP contribution in [-0.4, -0.2) is 44.7 Å². The molecular formula is C15H25NO4. The molecule has 0 amide bonds. The molecule has 0 aromatic heterocycles. The number of rotatable bonds is 9. The zero-order valence-electron chi connectivity index (χ0n) is 12.5. The quantitative estimate of drug-likeness (QED) is 0.670. The van der Waals surface area contributed by atoms with Crippen molar-refractivity contribution in [3.63, 3.8) is 0 Å². The molecule has 1 aromatic rings. The van der Waals surface area contributed by atoms with Crippen LogP contribution < -0.4 is 10.5 Å². The molecule has 0 aliphatic carbocycles. The van der Waals surface area contributed by atoms with Crippen molar-refractivity contribution in [1.29, 1.82) is 0 Å². The number of hydrogen-bond acceptors (Lipinski definition) is 5. The minimum absolute atomic E-state index is 0.00234. The van der Waals surface area contributed by atoms with Crippen LogP contribution >= 0.6 is 0 Å². The summed E-state index contributed by atoms with van der Waals surface area (Å²) in [5.41, 5.74) is 7.90. The molecule has 20 heavy (non-hydrogen) atoms. The van der Waals surface area contributed by atoms with E-state index in [2.05, 4.69) is 0 Å². The van der Waals surface area contributed by atoms with Gasteiger partial charge in [-0.1, -0.05) is 12.1 Å². The molecule has 0 aliphatic rings. The fraction of sp³-hybridized carbons (Fsp3) is 0.600. The molecule has 0 saturated heterocycles. The van der Waals surface area contributed by atoms with Gasteiger partial charge in [0.15, 0.2) is 0 Å². The van der Waals surface area contributed by atoms with E-state index in [1.165, 1.54) is 0 Å². The molecule has 5 heteroatoms. The fourth-order valence-electron chi connectivity index (χ4n) is 1.71. The Kier molecular flexibility index (Phi) is 7.54. The van der Waals surface area contributed by atoms with Gasteiger partial charge in [-0.15, -0.1) is 0 Å². The topological polar surface area (TPSA) is 73.9 Å². The molecule has 0 radical (unpaired) electrons. The fourth-order valence-corrected chi connectivity index (χ4v) is 1.71. The summed E-state index contributed by atoms with van der Waals surface area (Å²) in [5.74, 6) is 0.755. The molecule has 114 valence electrons. The monoisotopic (exact) mass is 283 g/mol. The van der Waals surface area contributed by atoms with E-state index in [-0.39, 0.29) is 19.3 Å². The largest absolute Gasteiger partial charge is 0.491 e. The third-order valence-electron chi connectivity index (χ3n) is 2.90.